The minimum absolute atomic E-state index is 0.0239. The maximum atomic E-state index is 12.2. The van der Waals surface area contributed by atoms with Gasteiger partial charge in [-0.05, 0) is 30.7 Å². The maximum absolute atomic E-state index is 12.2. The number of amides is 1. The molecular weight excluding hydrogens is 314 g/mol. The van der Waals surface area contributed by atoms with Crippen molar-refractivity contribution in [1.82, 2.24) is 5.32 Å². The lowest BCUT2D eigenvalue weighted by Crippen LogP contribution is -2.61. The third kappa shape index (κ3) is 3.22. The van der Waals surface area contributed by atoms with Gasteiger partial charge in [-0.2, -0.15) is 0 Å². The van der Waals surface area contributed by atoms with E-state index in [1.165, 1.54) is 24.3 Å². The number of rotatable bonds is 4. The van der Waals surface area contributed by atoms with Crippen molar-refractivity contribution in [1.29, 1.82) is 0 Å². The zero-order chi connectivity index (χ0) is 15.8. The van der Waals surface area contributed by atoms with E-state index in [1.807, 2.05) is 13.8 Å². The normalized spacial score (nSPS) is 24.2. The van der Waals surface area contributed by atoms with E-state index in [0.29, 0.717) is 5.56 Å². The van der Waals surface area contributed by atoms with Crippen LogP contribution in [-0.4, -0.2) is 33.6 Å². The van der Waals surface area contributed by atoms with Crippen LogP contribution in [0.2, 0.25) is 0 Å². The fourth-order valence-corrected chi connectivity index (χ4v) is 3.31. The van der Waals surface area contributed by atoms with Crippen LogP contribution in [0.25, 0.3) is 0 Å². The fraction of sp³-hybridized carbons (Fsp3) is 0.500. The first-order valence-corrected chi connectivity index (χ1v) is 8.85. The number of halogens is 1. The highest BCUT2D eigenvalue weighted by Gasteiger charge is 2.49. The molecule has 1 saturated carbocycles. The molecule has 2 unspecified atom stereocenters. The Morgan fingerprint density at radius 3 is 2.33 bits per heavy atom. The van der Waals surface area contributed by atoms with E-state index >= 15 is 0 Å². The molecule has 0 spiro atoms. The highest BCUT2D eigenvalue weighted by atomic mass is 35.7. The second-order valence-electron chi connectivity index (χ2n) is 5.77. The molecule has 1 aliphatic rings. The number of carbonyl (C=O) groups excluding carboxylic acids is 1. The van der Waals surface area contributed by atoms with Crippen molar-refractivity contribution in [3.8, 4) is 0 Å². The van der Waals surface area contributed by atoms with Gasteiger partial charge in [0.25, 0.3) is 15.0 Å². The Morgan fingerprint density at radius 1 is 1.33 bits per heavy atom. The molecule has 0 aliphatic heterocycles. The van der Waals surface area contributed by atoms with Gasteiger partial charge < -0.3 is 10.1 Å². The Labute approximate surface area is 129 Å². The first-order valence-electron chi connectivity index (χ1n) is 6.54. The molecule has 1 N–H and O–H groups in total. The molecule has 0 bridgehead atoms. The number of carbonyl (C=O) groups is 1. The summed E-state index contributed by atoms with van der Waals surface area (Å²) in [6.45, 7) is 4.08. The molecule has 5 nitrogen and oxygen atoms in total. The van der Waals surface area contributed by atoms with Crippen molar-refractivity contribution in [2.75, 3.05) is 7.11 Å². The van der Waals surface area contributed by atoms with Crippen molar-refractivity contribution in [3.63, 3.8) is 0 Å². The lowest BCUT2D eigenvalue weighted by Gasteiger charge is -2.51. The summed E-state index contributed by atoms with van der Waals surface area (Å²) in [5.74, 6) is -0.235. The summed E-state index contributed by atoms with van der Waals surface area (Å²) in [5, 5.41) is 2.94. The minimum Gasteiger partial charge on any atom is -0.381 e. The van der Waals surface area contributed by atoms with Gasteiger partial charge in [-0.15, -0.1) is 0 Å². The van der Waals surface area contributed by atoms with Crippen LogP contribution >= 0.6 is 10.7 Å². The highest BCUT2D eigenvalue weighted by molar-refractivity contribution is 8.13. The molecule has 2 atom stereocenters. The standard InChI is InChI=1S/C14H18ClNO4S/c1-14(2)11(8-12(14)20-3)16-13(17)9-4-6-10(7-5-9)21(15,18)19/h4-7,11-12H,8H2,1-3H3,(H,16,17). The summed E-state index contributed by atoms with van der Waals surface area (Å²) in [6, 6.07) is 5.57. The van der Waals surface area contributed by atoms with E-state index in [-0.39, 0.29) is 28.4 Å². The van der Waals surface area contributed by atoms with Gasteiger partial charge >= 0.3 is 0 Å². The SMILES string of the molecule is COC1CC(NC(=O)c2ccc(S(=O)(=O)Cl)cc2)C1(C)C. The number of nitrogens with one attached hydrogen (secondary N) is 1. The van der Waals surface area contributed by atoms with Gasteiger partial charge in [0.2, 0.25) is 0 Å². The largest absolute Gasteiger partial charge is 0.381 e. The van der Waals surface area contributed by atoms with Crippen LogP contribution in [0.1, 0.15) is 30.6 Å². The van der Waals surface area contributed by atoms with Gasteiger partial charge in [-0.3, -0.25) is 4.79 Å². The van der Waals surface area contributed by atoms with Crippen molar-refractivity contribution in [2.45, 2.75) is 37.3 Å². The molecule has 21 heavy (non-hydrogen) atoms. The molecule has 1 aromatic rings. The average Bonchev–Trinajstić information content (AvgIpc) is 2.41. The number of benzene rings is 1. The topological polar surface area (TPSA) is 72.5 Å². The molecular formula is C14H18ClNO4S. The van der Waals surface area contributed by atoms with Gasteiger partial charge in [0, 0.05) is 34.8 Å². The fourth-order valence-electron chi connectivity index (χ4n) is 2.54. The molecule has 0 radical (unpaired) electrons. The van der Waals surface area contributed by atoms with Crippen LogP contribution in [0.3, 0.4) is 0 Å². The Kier molecular flexibility index (Phi) is 4.33. The number of ether oxygens (including phenoxy) is 1. The zero-order valence-electron chi connectivity index (χ0n) is 12.1. The van der Waals surface area contributed by atoms with E-state index in [9.17, 15) is 13.2 Å². The highest BCUT2D eigenvalue weighted by Crippen LogP contribution is 2.42. The first-order chi connectivity index (χ1) is 9.66. The summed E-state index contributed by atoms with van der Waals surface area (Å²) >= 11 is 0. The predicted molar refractivity (Wildman–Crippen MR) is 79.9 cm³/mol. The monoisotopic (exact) mass is 331 g/mol. The van der Waals surface area contributed by atoms with E-state index in [4.69, 9.17) is 15.4 Å². The van der Waals surface area contributed by atoms with E-state index in [2.05, 4.69) is 5.32 Å². The molecule has 2 rings (SSSR count). The Bertz CT molecular complexity index is 639. The number of methoxy groups -OCH3 is 1. The molecule has 0 heterocycles. The predicted octanol–water partition coefficient (Wildman–Crippen LogP) is 2.16. The molecule has 1 aromatic carbocycles. The maximum Gasteiger partial charge on any atom is 0.261 e. The van der Waals surface area contributed by atoms with Crippen molar-refractivity contribution in [2.24, 2.45) is 5.41 Å². The van der Waals surface area contributed by atoms with Crippen LogP contribution in [0.4, 0.5) is 0 Å². The molecule has 1 amide bonds. The Hall–Kier alpha value is -1.11. The zero-order valence-corrected chi connectivity index (χ0v) is 13.7. The summed E-state index contributed by atoms with van der Waals surface area (Å²) < 4.78 is 27.6. The van der Waals surface area contributed by atoms with Crippen LogP contribution in [0, 0.1) is 5.41 Å². The first kappa shape index (κ1) is 16.3. The second-order valence-corrected chi connectivity index (χ2v) is 8.34. The third-order valence-electron chi connectivity index (χ3n) is 4.17. The Balaban J connectivity index is 2.05. The molecule has 116 valence electrons. The number of hydrogen-bond donors (Lipinski definition) is 1. The second kappa shape index (κ2) is 5.59. The summed E-state index contributed by atoms with van der Waals surface area (Å²) in [5.41, 5.74) is 0.278. The summed E-state index contributed by atoms with van der Waals surface area (Å²) in [6.07, 6.45) is 0.898. The van der Waals surface area contributed by atoms with Gasteiger partial charge in [0.05, 0.1) is 11.0 Å². The van der Waals surface area contributed by atoms with Crippen molar-refractivity contribution in [3.05, 3.63) is 29.8 Å². The third-order valence-corrected chi connectivity index (χ3v) is 5.54. The Morgan fingerprint density at radius 2 is 1.90 bits per heavy atom. The molecule has 1 fully saturated rings. The molecule has 7 heteroatoms. The molecule has 0 aromatic heterocycles. The van der Waals surface area contributed by atoms with E-state index in [1.54, 1.807) is 7.11 Å². The summed E-state index contributed by atoms with van der Waals surface area (Å²) in [7, 11) is 3.13. The summed E-state index contributed by atoms with van der Waals surface area (Å²) in [4.78, 5) is 12.1. The molecule has 0 saturated heterocycles. The van der Waals surface area contributed by atoms with Crippen LogP contribution in [0.15, 0.2) is 29.2 Å². The van der Waals surface area contributed by atoms with Crippen LogP contribution in [-0.2, 0) is 13.8 Å². The smallest absolute Gasteiger partial charge is 0.261 e. The van der Waals surface area contributed by atoms with Crippen molar-refractivity contribution >= 4 is 25.6 Å². The molecule has 1 aliphatic carbocycles. The van der Waals surface area contributed by atoms with E-state index < -0.39 is 9.05 Å². The van der Waals surface area contributed by atoms with Gasteiger partial charge in [-0.25, -0.2) is 8.42 Å². The van der Waals surface area contributed by atoms with Crippen LogP contribution < -0.4 is 5.32 Å². The van der Waals surface area contributed by atoms with Crippen LogP contribution in [0.5, 0.6) is 0 Å². The van der Waals surface area contributed by atoms with Gasteiger partial charge in [-0.1, -0.05) is 13.8 Å². The van der Waals surface area contributed by atoms with Crippen molar-refractivity contribution < 1.29 is 17.9 Å². The van der Waals surface area contributed by atoms with E-state index in [0.717, 1.165) is 6.42 Å². The quantitative estimate of drug-likeness (QED) is 0.858. The lowest BCUT2D eigenvalue weighted by atomic mass is 9.64. The van der Waals surface area contributed by atoms with Gasteiger partial charge in [0.15, 0.2) is 0 Å². The van der Waals surface area contributed by atoms with Gasteiger partial charge in [0.1, 0.15) is 0 Å². The number of hydrogen-bond acceptors (Lipinski definition) is 4. The average molecular weight is 332 g/mol. The lowest BCUT2D eigenvalue weighted by molar-refractivity contribution is -0.0942. The minimum atomic E-state index is -3.77.